The summed E-state index contributed by atoms with van der Waals surface area (Å²) >= 11 is 1.43. The van der Waals surface area contributed by atoms with Crippen LogP contribution in [0.5, 0.6) is 0 Å². The highest BCUT2D eigenvalue weighted by atomic mass is 32.2. The normalized spacial score (nSPS) is 29.5. The minimum atomic E-state index is -0.417. The fraction of sp³-hybridized carbons (Fsp3) is 0.526. The molecular formula is C19H23NO3S. The zero-order chi connectivity index (χ0) is 16.9. The Bertz CT molecular complexity index is 604. The molecule has 128 valence electrons. The van der Waals surface area contributed by atoms with Crippen LogP contribution in [0.2, 0.25) is 0 Å². The van der Waals surface area contributed by atoms with Gasteiger partial charge in [0.25, 0.3) is 0 Å². The van der Waals surface area contributed by atoms with E-state index in [4.69, 9.17) is 0 Å². The molecule has 5 heteroatoms. The Hall–Kier alpha value is -1.46. The number of hydrogen-bond acceptors (Lipinski definition) is 5. The van der Waals surface area contributed by atoms with Crippen LogP contribution in [0.25, 0.3) is 0 Å². The topological polar surface area (TPSA) is 63.2 Å². The number of carbonyl (C=O) groups excluding carboxylic acids is 3. The van der Waals surface area contributed by atoms with E-state index < -0.39 is 6.04 Å². The molecule has 1 aromatic carbocycles. The fourth-order valence-corrected chi connectivity index (χ4v) is 4.85. The van der Waals surface area contributed by atoms with Gasteiger partial charge in [-0.2, -0.15) is 0 Å². The van der Waals surface area contributed by atoms with E-state index in [1.165, 1.54) is 11.9 Å². The molecule has 2 aliphatic rings. The van der Waals surface area contributed by atoms with Crippen molar-refractivity contribution in [3.8, 4) is 0 Å². The highest BCUT2D eigenvalue weighted by Gasteiger charge is 2.43. The van der Waals surface area contributed by atoms with E-state index in [0.717, 1.165) is 37.5 Å². The molecule has 2 unspecified atom stereocenters. The molecule has 4 nitrogen and oxygen atoms in total. The fourth-order valence-electron chi connectivity index (χ4n) is 3.82. The second-order valence-corrected chi connectivity index (χ2v) is 7.56. The van der Waals surface area contributed by atoms with Crippen molar-refractivity contribution >= 4 is 29.8 Å². The first-order valence-corrected chi connectivity index (χ1v) is 9.62. The summed E-state index contributed by atoms with van der Waals surface area (Å²) in [4.78, 5) is 36.6. The third-order valence-electron chi connectivity index (χ3n) is 5.19. The van der Waals surface area contributed by atoms with Gasteiger partial charge < -0.3 is 4.79 Å². The van der Waals surface area contributed by atoms with Gasteiger partial charge in [-0.1, -0.05) is 48.7 Å². The smallest absolute Gasteiger partial charge is 0.155 e. The lowest BCUT2D eigenvalue weighted by atomic mass is 9.82. The molecule has 24 heavy (non-hydrogen) atoms. The molecule has 0 bridgehead atoms. The second kappa shape index (κ2) is 8.08. The first-order chi connectivity index (χ1) is 11.7. The van der Waals surface area contributed by atoms with E-state index in [9.17, 15) is 14.4 Å². The van der Waals surface area contributed by atoms with Crippen molar-refractivity contribution in [2.45, 2.75) is 38.1 Å². The SMILES string of the molecule is O=C[C@@H]1CSNC1C(=O)C1CCC[C@H]1C(=O)CCc1ccccc1. The minimum absolute atomic E-state index is 0.0626. The molecule has 1 aliphatic heterocycles. The van der Waals surface area contributed by atoms with Gasteiger partial charge in [0.05, 0.1) is 6.04 Å². The number of ketones is 2. The summed E-state index contributed by atoms with van der Waals surface area (Å²) < 4.78 is 3.08. The van der Waals surface area contributed by atoms with Crippen molar-refractivity contribution in [1.82, 2.24) is 4.72 Å². The first kappa shape index (κ1) is 17.4. The van der Waals surface area contributed by atoms with E-state index >= 15 is 0 Å². The van der Waals surface area contributed by atoms with Gasteiger partial charge in [0, 0.05) is 29.9 Å². The monoisotopic (exact) mass is 345 g/mol. The highest BCUT2D eigenvalue weighted by molar-refractivity contribution is 7.97. The quantitative estimate of drug-likeness (QED) is 0.608. The molecule has 4 atom stereocenters. The highest BCUT2D eigenvalue weighted by Crippen LogP contribution is 2.36. The Morgan fingerprint density at radius 2 is 1.92 bits per heavy atom. The van der Waals surface area contributed by atoms with E-state index in [-0.39, 0.29) is 29.3 Å². The van der Waals surface area contributed by atoms with Gasteiger partial charge in [0.15, 0.2) is 5.78 Å². The number of Topliss-reactive ketones (excluding diaryl/α,β-unsaturated/α-hetero) is 2. The maximum atomic E-state index is 12.8. The molecule has 1 aromatic rings. The number of aryl methyl sites for hydroxylation is 1. The van der Waals surface area contributed by atoms with Gasteiger partial charge in [0.1, 0.15) is 12.1 Å². The summed E-state index contributed by atoms with van der Waals surface area (Å²) in [5.74, 6) is 0.255. The molecule has 0 spiro atoms. The van der Waals surface area contributed by atoms with E-state index in [1.807, 2.05) is 30.3 Å². The summed E-state index contributed by atoms with van der Waals surface area (Å²) in [6.07, 6.45) is 4.58. The predicted molar refractivity (Wildman–Crippen MR) is 94.5 cm³/mol. The Kier molecular flexibility index (Phi) is 5.85. The van der Waals surface area contributed by atoms with Gasteiger partial charge >= 0.3 is 0 Å². The summed E-state index contributed by atoms with van der Waals surface area (Å²) in [5.41, 5.74) is 1.15. The van der Waals surface area contributed by atoms with Crippen LogP contribution in [0.4, 0.5) is 0 Å². The average molecular weight is 345 g/mol. The molecular weight excluding hydrogens is 322 g/mol. The molecule has 1 heterocycles. The van der Waals surface area contributed by atoms with Crippen LogP contribution in [0.15, 0.2) is 30.3 Å². The molecule has 2 fully saturated rings. The van der Waals surface area contributed by atoms with Gasteiger partial charge in [-0.3, -0.25) is 14.3 Å². The molecule has 1 aliphatic carbocycles. The van der Waals surface area contributed by atoms with Crippen molar-refractivity contribution in [3.05, 3.63) is 35.9 Å². The maximum Gasteiger partial charge on any atom is 0.155 e. The first-order valence-electron chi connectivity index (χ1n) is 8.63. The van der Waals surface area contributed by atoms with Crippen molar-refractivity contribution < 1.29 is 14.4 Å². The third kappa shape index (κ3) is 3.78. The summed E-state index contributed by atoms with van der Waals surface area (Å²) in [6.45, 7) is 0. The molecule has 1 N–H and O–H groups in total. The van der Waals surface area contributed by atoms with Crippen molar-refractivity contribution in [2.75, 3.05) is 5.75 Å². The number of aldehydes is 1. The van der Waals surface area contributed by atoms with Gasteiger partial charge in [-0.15, -0.1) is 0 Å². The number of carbonyl (C=O) groups is 3. The Morgan fingerprint density at radius 1 is 1.17 bits per heavy atom. The van der Waals surface area contributed by atoms with E-state index in [1.54, 1.807) is 0 Å². The van der Waals surface area contributed by atoms with Gasteiger partial charge in [0.2, 0.25) is 0 Å². The van der Waals surface area contributed by atoms with Gasteiger partial charge in [-0.05, 0) is 24.8 Å². The van der Waals surface area contributed by atoms with Crippen LogP contribution < -0.4 is 4.72 Å². The van der Waals surface area contributed by atoms with E-state index in [0.29, 0.717) is 12.2 Å². The zero-order valence-corrected chi connectivity index (χ0v) is 14.5. The molecule has 0 radical (unpaired) electrons. The lowest BCUT2D eigenvalue weighted by Crippen LogP contribution is -2.41. The Labute approximate surface area is 146 Å². The average Bonchev–Trinajstić information content (AvgIpc) is 3.28. The minimum Gasteiger partial charge on any atom is -0.303 e. The second-order valence-electron chi connectivity index (χ2n) is 6.70. The molecule has 0 amide bonds. The molecule has 1 saturated carbocycles. The van der Waals surface area contributed by atoms with Crippen LogP contribution in [0.1, 0.15) is 31.2 Å². The largest absolute Gasteiger partial charge is 0.303 e. The molecule has 0 aromatic heterocycles. The molecule has 1 saturated heterocycles. The van der Waals surface area contributed by atoms with Crippen LogP contribution in [-0.2, 0) is 20.8 Å². The standard InChI is InChI=1S/C19H23NO3S/c21-11-14-12-24-20-18(14)19(23)16-8-4-7-15(16)17(22)10-9-13-5-2-1-3-6-13/h1-3,5-6,11,14-16,18,20H,4,7-10,12H2/t14-,15-,16?,18?/m1/s1. The Morgan fingerprint density at radius 3 is 2.67 bits per heavy atom. The predicted octanol–water partition coefficient (Wildman–Crippen LogP) is 2.61. The summed E-state index contributed by atoms with van der Waals surface area (Å²) in [7, 11) is 0. The molecule has 3 rings (SSSR count). The van der Waals surface area contributed by atoms with Crippen LogP contribution in [0.3, 0.4) is 0 Å². The van der Waals surface area contributed by atoms with Crippen LogP contribution in [-0.4, -0.2) is 29.6 Å². The van der Waals surface area contributed by atoms with Crippen LogP contribution in [0, 0.1) is 17.8 Å². The van der Waals surface area contributed by atoms with Crippen LogP contribution >= 0.6 is 11.9 Å². The van der Waals surface area contributed by atoms with Crippen molar-refractivity contribution in [3.63, 3.8) is 0 Å². The lowest BCUT2D eigenvalue weighted by molar-refractivity contribution is -0.133. The van der Waals surface area contributed by atoms with Crippen molar-refractivity contribution in [1.29, 1.82) is 0 Å². The Balaban J connectivity index is 1.61. The zero-order valence-electron chi connectivity index (χ0n) is 13.6. The van der Waals surface area contributed by atoms with Gasteiger partial charge in [-0.25, -0.2) is 0 Å². The summed E-state index contributed by atoms with van der Waals surface area (Å²) in [6, 6.07) is 9.56. The maximum absolute atomic E-state index is 12.8. The van der Waals surface area contributed by atoms with E-state index in [2.05, 4.69) is 4.72 Å². The third-order valence-corrected chi connectivity index (χ3v) is 6.17. The lowest BCUT2D eigenvalue weighted by Gasteiger charge is -2.22. The van der Waals surface area contributed by atoms with Crippen molar-refractivity contribution in [2.24, 2.45) is 17.8 Å². The number of hydrogen-bond donors (Lipinski definition) is 1. The summed E-state index contributed by atoms with van der Waals surface area (Å²) in [5, 5.41) is 0. The number of benzene rings is 1. The number of nitrogens with one attached hydrogen (secondary N) is 1. The number of rotatable bonds is 7.